The van der Waals surface area contributed by atoms with Crippen LogP contribution >= 0.6 is 0 Å². The number of carbonyl (C=O) groups is 2. The number of ether oxygens (including phenoxy) is 1. The third-order valence-corrected chi connectivity index (χ3v) is 4.53. The Labute approximate surface area is 120 Å². The van der Waals surface area contributed by atoms with E-state index in [4.69, 9.17) is 4.74 Å². The standard InChI is InChI=1S/C15H25NO4/c1-14(2)11-16(8-9-20-14)12(17)10-15(13(18)19)6-4-3-5-7-15/h3-11H2,1-2H3,(H,18,19). The Morgan fingerprint density at radius 1 is 1.20 bits per heavy atom. The van der Waals surface area contributed by atoms with Gasteiger partial charge in [0.1, 0.15) is 0 Å². The highest BCUT2D eigenvalue weighted by atomic mass is 16.5. The van der Waals surface area contributed by atoms with Gasteiger partial charge in [0, 0.05) is 19.5 Å². The number of nitrogens with zero attached hydrogens (tertiary/aromatic N) is 1. The summed E-state index contributed by atoms with van der Waals surface area (Å²) in [5, 5.41) is 9.54. The minimum atomic E-state index is -0.836. The summed E-state index contributed by atoms with van der Waals surface area (Å²) in [6, 6.07) is 0. The van der Waals surface area contributed by atoms with Crippen molar-refractivity contribution in [2.75, 3.05) is 19.7 Å². The van der Waals surface area contributed by atoms with Crippen LogP contribution in [0.1, 0.15) is 52.4 Å². The Balaban J connectivity index is 2.03. The predicted octanol–water partition coefficient (Wildman–Crippen LogP) is 2.05. The second-order valence-corrected chi connectivity index (χ2v) is 6.75. The van der Waals surface area contributed by atoms with Crippen LogP contribution in [0.5, 0.6) is 0 Å². The number of morpholine rings is 1. The van der Waals surface area contributed by atoms with Crippen molar-refractivity contribution in [1.82, 2.24) is 4.90 Å². The van der Waals surface area contributed by atoms with Crippen LogP contribution in [-0.4, -0.2) is 47.2 Å². The highest BCUT2D eigenvalue weighted by Crippen LogP contribution is 2.40. The Hall–Kier alpha value is -1.10. The molecule has 1 aliphatic heterocycles. The quantitative estimate of drug-likeness (QED) is 0.861. The molecule has 1 heterocycles. The minimum absolute atomic E-state index is 0.0364. The average Bonchev–Trinajstić information content (AvgIpc) is 2.38. The van der Waals surface area contributed by atoms with E-state index in [0.717, 1.165) is 19.3 Å². The molecular formula is C15H25NO4. The van der Waals surface area contributed by atoms with Gasteiger partial charge in [0.25, 0.3) is 0 Å². The second kappa shape index (κ2) is 5.72. The van der Waals surface area contributed by atoms with Crippen LogP contribution < -0.4 is 0 Å². The maximum absolute atomic E-state index is 12.5. The molecule has 20 heavy (non-hydrogen) atoms. The number of carboxylic acid groups (broad SMARTS) is 1. The van der Waals surface area contributed by atoms with E-state index in [9.17, 15) is 14.7 Å². The first-order valence-electron chi connectivity index (χ1n) is 7.50. The fourth-order valence-electron chi connectivity index (χ4n) is 3.33. The molecule has 1 saturated heterocycles. The van der Waals surface area contributed by atoms with Crippen molar-refractivity contribution >= 4 is 11.9 Å². The van der Waals surface area contributed by atoms with Gasteiger partial charge in [-0.25, -0.2) is 0 Å². The lowest BCUT2D eigenvalue weighted by molar-refractivity contribution is -0.160. The third-order valence-electron chi connectivity index (χ3n) is 4.53. The molecule has 2 rings (SSSR count). The van der Waals surface area contributed by atoms with Crippen molar-refractivity contribution in [2.24, 2.45) is 5.41 Å². The van der Waals surface area contributed by atoms with Gasteiger partial charge in [-0.1, -0.05) is 19.3 Å². The molecule has 114 valence electrons. The molecule has 0 spiro atoms. The third kappa shape index (κ3) is 3.32. The molecule has 0 unspecified atom stereocenters. The molecule has 1 amide bonds. The predicted molar refractivity (Wildman–Crippen MR) is 74.4 cm³/mol. The van der Waals surface area contributed by atoms with Crippen molar-refractivity contribution in [3.8, 4) is 0 Å². The lowest BCUT2D eigenvalue weighted by Crippen LogP contribution is -2.52. The van der Waals surface area contributed by atoms with Crippen molar-refractivity contribution in [3.63, 3.8) is 0 Å². The van der Waals surface area contributed by atoms with Crippen molar-refractivity contribution in [1.29, 1.82) is 0 Å². The van der Waals surface area contributed by atoms with Gasteiger partial charge in [-0.3, -0.25) is 9.59 Å². The van der Waals surface area contributed by atoms with Gasteiger partial charge >= 0.3 is 5.97 Å². The molecule has 0 aromatic carbocycles. The topological polar surface area (TPSA) is 66.8 Å². The summed E-state index contributed by atoms with van der Waals surface area (Å²) in [4.78, 5) is 25.9. The van der Waals surface area contributed by atoms with E-state index < -0.39 is 11.4 Å². The lowest BCUT2D eigenvalue weighted by Gasteiger charge is -2.40. The highest BCUT2D eigenvalue weighted by Gasteiger charge is 2.43. The smallest absolute Gasteiger partial charge is 0.310 e. The summed E-state index contributed by atoms with van der Waals surface area (Å²) >= 11 is 0. The Kier molecular flexibility index (Phi) is 4.37. The number of carboxylic acids is 1. The summed E-state index contributed by atoms with van der Waals surface area (Å²) in [5.74, 6) is -0.844. The molecule has 5 heteroatoms. The van der Waals surface area contributed by atoms with E-state index in [1.807, 2.05) is 13.8 Å². The summed E-state index contributed by atoms with van der Waals surface area (Å²) in [7, 11) is 0. The molecule has 2 fully saturated rings. The fourth-order valence-corrected chi connectivity index (χ4v) is 3.33. The Morgan fingerprint density at radius 2 is 1.85 bits per heavy atom. The number of hydrogen-bond acceptors (Lipinski definition) is 3. The summed E-state index contributed by atoms with van der Waals surface area (Å²) in [5.41, 5.74) is -1.17. The van der Waals surface area contributed by atoms with E-state index >= 15 is 0 Å². The Bertz CT molecular complexity index is 385. The molecule has 1 aliphatic carbocycles. The Morgan fingerprint density at radius 3 is 2.40 bits per heavy atom. The highest BCUT2D eigenvalue weighted by molar-refractivity contribution is 5.85. The average molecular weight is 283 g/mol. The largest absolute Gasteiger partial charge is 0.481 e. The zero-order valence-corrected chi connectivity index (χ0v) is 12.5. The molecule has 0 atom stereocenters. The van der Waals surface area contributed by atoms with Crippen LogP contribution in [0.2, 0.25) is 0 Å². The van der Waals surface area contributed by atoms with Crippen LogP contribution in [0.3, 0.4) is 0 Å². The number of aliphatic carboxylic acids is 1. The lowest BCUT2D eigenvalue weighted by atomic mass is 9.71. The van der Waals surface area contributed by atoms with Gasteiger partial charge in [0.15, 0.2) is 0 Å². The van der Waals surface area contributed by atoms with Crippen LogP contribution in [-0.2, 0) is 14.3 Å². The van der Waals surface area contributed by atoms with E-state index in [-0.39, 0.29) is 17.9 Å². The van der Waals surface area contributed by atoms with Crippen molar-refractivity contribution in [2.45, 2.75) is 58.0 Å². The fraction of sp³-hybridized carbons (Fsp3) is 0.867. The second-order valence-electron chi connectivity index (χ2n) is 6.75. The zero-order chi connectivity index (χ0) is 14.8. The van der Waals surface area contributed by atoms with E-state index in [1.165, 1.54) is 0 Å². The summed E-state index contributed by atoms with van der Waals surface area (Å²) in [6.45, 7) is 5.55. The molecule has 2 aliphatic rings. The first-order chi connectivity index (χ1) is 9.35. The van der Waals surface area contributed by atoms with Gasteiger partial charge in [-0.15, -0.1) is 0 Å². The molecule has 5 nitrogen and oxygen atoms in total. The summed E-state index contributed by atoms with van der Waals surface area (Å²) < 4.78 is 5.60. The monoisotopic (exact) mass is 283 g/mol. The first kappa shape index (κ1) is 15.3. The van der Waals surface area contributed by atoms with Crippen molar-refractivity contribution < 1.29 is 19.4 Å². The number of amides is 1. The SMILES string of the molecule is CC1(C)CN(C(=O)CC2(C(=O)O)CCCCC2)CCO1. The maximum atomic E-state index is 12.5. The normalized spacial score (nSPS) is 25.2. The van der Waals surface area contributed by atoms with Gasteiger partial charge in [-0.05, 0) is 26.7 Å². The molecule has 1 saturated carbocycles. The van der Waals surface area contributed by atoms with Gasteiger partial charge < -0.3 is 14.7 Å². The van der Waals surface area contributed by atoms with Gasteiger partial charge in [0.05, 0.1) is 17.6 Å². The van der Waals surface area contributed by atoms with E-state index in [1.54, 1.807) is 4.90 Å². The number of hydrogen-bond donors (Lipinski definition) is 1. The molecular weight excluding hydrogens is 258 g/mol. The molecule has 0 bridgehead atoms. The van der Waals surface area contributed by atoms with Crippen LogP contribution in [0.25, 0.3) is 0 Å². The molecule has 1 N–H and O–H groups in total. The number of rotatable bonds is 3. The van der Waals surface area contributed by atoms with E-state index in [0.29, 0.717) is 32.5 Å². The zero-order valence-electron chi connectivity index (χ0n) is 12.5. The van der Waals surface area contributed by atoms with Crippen LogP contribution in [0, 0.1) is 5.41 Å². The molecule has 0 aromatic rings. The van der Waals surface area contributed by atoms with Gasteiger partial charge in [-0.2, -0.15) is 0 Å². The van der Waals surface area contributed by atoms with Gasteiger partial charge in [0.2, 0.25) is 5.91 Å². The number of carbonyl (C=O) groups excluding carboxylic acids is 1. The molecule has 0 radical (unpaired) electrons. The first-order valence-corrected chi connectivity index (χ1v) is 7.50. The summed E-state index contributed by atoms with van der Waals surface area (Å²) in [6.07, 6.45) is 4.29. The molecule has 0 aromatic heterocycles. The van der Waals surface area contributed by atoms with Crippen LogP contribution in [0.15, 0.2) is 0 Å². The van der Waals surface area contributed by atoms with E-state index in [2.05, 4.69) is 0 Å². The minimum Gasteiger partial charge on any atom is -0.481 e. The maximum Gasteiger partial charge on any atom is 0.310 e. The van der Waals surface area contributed by atoms with Crippen LogP contribution in [0.4, 0.5) is 0 Å². The van der Waals surface area contributed by atoms with Crippen molar-refractivity contribution in [3.05, 3.63) is 0 Å².